The third kappa shape index (κ3) is 4.04. The first-order valence-electron chi connectivity index (χ1n) is 8.43. The lowest BCUT2D eigenvalue weighted by Gasteiger charge is -2.11. The molecule has 0 atom stereocenters. The monoisotopic (exact) mass is 370 g/mol. The number of rotatable bonds is 6. The van der Waals surface area contributed by atoms with E-state index in [1.54, 1.807) is 11.8 Å². The fraction of sp³-hybridized carbons (Fsp3) is 0.368. The molecule has 2 aromatic heterocycles. The van der Waals surface area contributed by atoms with Crippen LogP contribution in [0.1, 0.15) is 42.7 Å². The highest BCUT2D eigenvalue weighted by Gasteiger charge is 2.14. The smallest absolute Gasteiger partial charge is 0.264 e. The summed E-state index contributed by atoms with van der Waals surface area (Å²) in [7, 11) is 0. The molecule has 26 heavy (non-hydrogen) atoms. The number of hydrogen-bond donors (Lipinski definition) is 0. The highest BCUT2D eigenvalue weighted by Crippen LogP contribution is 2.23. The predicted octanol–water partition coefficient (Wildman–Crippen LogP) is 4.57. The Bertz CT molecular complexity index is 891. The second-order valence-electron chi connectivity index (χ2n) is 6.28. The van der Waals surface area contributed by atoms with Crippen LogP contribution < -0.4 is 4.74 Å². The van der Waals surface area contributed by atoms with E-state index in [4.69, 9.17) is 9.26 Å². The number of ether oxygens (including phenoxy) is 1. The third-order valence-corrected chi connectivity index (χ3v) is 4.77. The van der Waals surface area contributed by atoms with Crippen molar-refractivity contribution in [1.29, 1.82) is 0 Å². The van der Waals surface area contributed by atoms with Crippen LogP contribution in [0.25, 0.3) is 11.4 Å². The number of hydrogen-bond acceptors (Lipinski definition) is 7. The van der Waals surface area contributed by atoms with Crippen molar-refractivity contribution in [2.45, 2.75) is 45.1 Å². The van der Waals surface area contributed by atoms with E-state index in [1.807, 2.05) is 44.4 Å². The molecule has 0 N–H and O–H groups in total. The zero-order chi connectivity index (χ0) is 18.7. The summed E-state index contributed by atoms with van der Waals surface area (Å²) in [5.74, 6) is 2.52. The van der Waals surface area contributed by atoms with Crippen LogP contribution in [0.3, 0.4) is 0 Å². The molecule has 0 aliphatic rings. The molecule has 0 bridgehead atoms. The van der Waals surface area contributed by atoms with Gasteiger partial charge in [0.05, 0.1) is 0 Å². The van der Waals surface area contributed by atoms with Gasteiger partial charge in [0.15, 0.2) is 6.61 Å². The fourth-order valence-corrected chi connectivity index (χ4v) is 2.73. The van der Waals surface area contributed by atoms with Gasteiger partial charge in [-0.15, -0.1) is 11.8 Å². The van der Waals surface area contributed by atoms with E-state index < -0.39 is 0 Å². The molecule has 2 heterocycles. The second kappa shape index (κ2) is 7.86. The summed E-state index contributed by atoms with van der Waals surface area (Å²) in [4.78, 5) is 14.6. The average molecular weight is 370 g/mol. The minimum atomic E-state index is 0.171. The maximum atomic E-state index is 5.83. The molecule has 0 unspecified atom stereocenters. The van der Waals surface area contributed by atoms with Gasteiger partial charge in [-0.3, -0.25) is 0 Å². The van der Waals surface area contributed by atoms with Gasteiger partial charge >= 0.3 is 0 Å². The molecule has 3 rings (SSSR count). The summed E-state index contributed by atoms with van der Waals surface area (Å²) in [5.41, 5.74) is 2.74. The van der Waals surface area contributed by atoms with Crippen LogP contribution in [0.15, 0.2) is 33.7 Å². The molecule has 6 nitrogen and oxygen atoms in total. The topological polar surface area (TPSA) is 73.9 Å². The Morgan fingerprint density at radius 1 is 1.08 bits per heavy atom. The van der Waals surface area contributed by atoms with Gasteiger partial charge in [-0.05, 0) is 44.4 Å². The first-order chi connectivity index (χ1) is 12.5. The molecule has 0 saturated carbocycles. The molecule has 0 radical (unpaired) electrons. The Morgan fingerprint density at radius 2 is 1.81 bits per heavy atom. The van der Waals surface area contributed by atoms with E-state index in [1.165, 1.54) is 4.90 Å². The highest BCUT2D eigenvalue weighted by molar-refractivity contribution is 7.98. The van der Waals surface area contributed by atoms with E-state index in [9.17, 15) is 0 Å². The largest absolute Gasteiger partial charge is 0.467 e. The van der Waals surface area contributed by atoms with Crippen LogP contribution in [0.2, 0.25) is 0 Å². The number of nitrogens with zero attached hydrogens (tertiary/aromatic N) is 4. The van der Waals surface area contributed by atoms with E-state index in [2.05, 4.69) is 34.0 Å². The molecular weight excluding hydrogens is 348 g/mol. The summed E-state index contributed by atoms with van der Waals surface area (Å²) in [6.45, 7) is 8.19. The number of aryl methyl sites for hydroxylation is 1. The van der Waals surface area contributed by atoms with Crippen LogP contribution in [0, 0.1) is 13.8 Å². The molecule has 0 aliphatic heterocycles. The van der Waals surface area contributed by atoms with Gasteiger partial charge in [-0.25, -0.2) is 4.98 Å². The SMILES string of the molecule is CSc1ccc(-c2noc(COc3nc(C(C)C)nc(C)c3C)n2)cc1. The Labute approximate surface area is 157 Å². The van der Waals surface area contributed by atoms with Crippen molar-refractivity contribution in [1.82, 2.24) is 20.1 Å². The van der Waals surface area contributed by atoms with Crippen LogP contribution >= 0.6 is 11.8 Å². The first kappa shape index (κ1) is 18.4. The Hall–Kier alpha value is -2.41. The average Bonchev–Trinajstić information content (AvgIpc) is 3.11. The highest BCUT2D eigenvalue weighted by atomic mass is 32.2. The van der Waals surface area contributed by atoms with Gasteiger partial charge < -0.3 is 9.26 Å². The molecule has 136 valence electrons. The van der Waals surface area contributed by atoms with Gasteiger partial charge in [0.2, 0.25) is 11.7 Å². The lowest BCUT2D eigenvalue weighted by atomic mass is 10.2. The minimum absolute atomic E-state index is 0.171. The Morgan fingerprint density at radius 3 is 2.46 bits per heavy atom. The molecule has 0 amide bonds. The molecular formula is C19H22N4O2S. The van der Waals surface area contributed by atoms with E-state index in [0.29, 0.717) is 17.6 Å². The molecule has 7 heteroatoms. The standard InChI is InChI=1S/C19H22N4O2S/c1-11(2)17-20-13(4)12(3)19(22-17)24-10-16-21-18(23-25-16)14-6-8-15(26-5)9-7-14/h6-9,11H,10H2,1-5H3. The number of aromatic nitrogens is 4. The molecule has 0 aliphatic carbocycles. The Kier molecular flexibility index (Phi) is 5.56. The second-order valence-corrected chi connectivity index (χ2v) is 7.16. The normalized spacial score (nSPS) is 11.2. The van der Waals surface area contributed by atoms with Gasteiger partial charge in [0.25, 0.3) is 5.89 Å². The zero-order valence-corrected chi connectivity index (χ0v) is 16.4. The van der Waals surface area contributed by atoms with Crippen LogP contribution in [0.4, 0.5) is 0 Å². The third-order valence-electron chi connectivity index (χ3n) is 4.03. The van der Waals surface area contributed by atoms with Crippen molar-refractivity contribution >= 4 is 11.8 Å². The number of thioether (sulfide) groups is 1. The van der Waals surface area contributed by atoms with Crippen molar-refractivity contribution < 1.29 is 9.26 Å². The summed E-state index contributed by atoms with van der Waals surface area (Å²) in [6, 6.07) is 8.03. The molecule has 0 spiro atoms. The molecule has 3 aromatic rings. The van der Waals surface area contributed by atoms with E-state index in [-0.39, 0.29) is 12.5 Å². The lowest BCUT2D eigenvalue weighted by molar-refractivity contribution is 0.232. The summed E-state index contributed by atoms with van der Waals surface area (Å²) < 4.78 is 11.1. The van der Waals surface area contributed by atoms with Crippen LogP contribution in [-0.2, 0) is 6.61 Å². The van der Waals surface area contributed by atoms with Gasteiger partial charge in [0.1, 0.15) is 5.82 Å². The molecule has 1 aromatic carbocycles. The van der Waals surface area contributed by atoms with Crippen LogP contribution in [0.5, 0.6) is 5.88 Å². The van der Waals surface area contributed by atoms with Gasteiger partial charge in [-0.2, -0.15) is 9.97 Å². The van der Waals surface area contributed by atoms with Crippen molar-refractivity contribution in [3.8, 4) is 17.3 Å². The summed E-state index contributed by atoms with van der Waals surface area (Å²) >= 11 is 1.69. The molecule has 0 saturated heterocycles. The fourth-order valence-electron chi connectivity index (χ4n) is 2.32. The van der Waals surface area contributed by atoms with E-state index in [0.717, 1.165) is 22.6 Å². The lowest BCUT2D eigenvalue weighted by Crippen LogP contribution is -2.07. The zero-order valence-electron chi connectivity index (χ0n) is 15.6. The van der Waals surface area contributed by atoms with Crippen molar-refractivity contribution in [3.63, 3.8) is 0 Å². The summed E-state index contributed by atoms with van der Waals surface area (Å²) in [5, 5.41) is 4.03. The summed E-state index contributed by atoms with van der Waals surface area (Å²) in [6.07, 6.45) is 2.04. The Balaban J connectivity index is 1.74. The quantitative estimate of drug-likeness (QED) is 0.588. The van der Waals surface area contributed by atoms with E-state index >= 15 is 0 Å². The predicted molar refractivity (Wildman–Crippen MR) is 101 cm³/mol. The first-order valence-corrected chi connectivity index (χ1v) is 9.65. The van der Waals surface area contributed by atoms with Crippen molar-refractivity contribution in [2.75, 3.05) is 6.26 Å². The van der Waals surface area contributed by atoms with Crippen LogP contribution in [-0.4, -0.2) is 26.4 Å². The minimum Gasteiger partial charge on any atom is -0.467 e. The number of benzene rings is 1. The van der Waals surface area contributed by atoms with Crippen molar-refractivity contribution in [3.05, 3.63) is 47.2 Å². The van der Waals surface area contributed by atoms with Gasteiger partial charge in [-0.1, -0.05) is 19.0 Å². The molecule has 0 fully saturated rings. The van der Waals surface area contributed by atoms with Crippen molar-refractivity contribution in [2.24, 2.45) is 0 Å². The van der Waals surface area contributed by atoms with Gasteiger partial charge in [0, 0.05) is 27.6 Å². The maximum Gasteiger partial charge on any atom is 0.264 e. The maximum absolute atomic E-state index is 5.83.